The summed E-state index contributed by atoms with van der Waals surface area (Å²) in [6, 6.07) is 8.01. The van der Waals surface area contributed by atoms with Crippen LogP contribution in [0, 0.1) is 17.0 Å². The van der Waals surface area contributed by atoms with Gasteiger partial charge in [-0.3, -0.25) is 15.1 Å². The van der Waals surface area contributed by atoms with E-state index < -0.39 is 17.5 Å². The first-order chi connectivity index (χ1) is 12.0. The molecule has 1 N–H and O–H groups in total. The minimum atomic E-state index is -0.769. The predicted octanol–water partition coefficient (Wildman–Crippen LogP) is 3.75. The van der Waals surface area contributed by atoms with Gasteiger partial charge in [0.25, 0.3) is 5.91 Å². The number of benzene rings is 2. The van der Waals surface area contributed by atoms with Gasteiger partial charge in [0, 0.05) is 17.7 Å². The van der Waals surface area contributed by atoms with Crippen LogP contribution in [0.4, 0.5) is 14.5 Å². The SMILES string of the molecule is N=C1S/C(=C\c2ccc(F)cc2F)C(=O)N1c1ccc2c(c1)OCO2. The van der Waals surface area contributed by atoms with Crippen LogP contribution in [0.5, 0.6) is 11.5 Å². The highest BCUT2D eigenvalue weighted by Crippen LogP contribution is 2.40. The minimum absolute atomic E-state index is 0.0161. The second-order valence-electron chi connectivity index (χ2n) is 5.26. The van der Waals surface area contributed by atoms with E-state index in [1.54, 1.807) is 18.2 Å². The third kappa shape index (κ3) is 2.74. The summed E-state index contributed by atoms with van der Waals surface area (Å²) in [5.41, 5.74) is 0.535. The number of nitrogens with zero attached hydrogens (tertiary/aromatic N) is 1. The Morgan fingerprint density at radius 2 is 1.92 bits per heavy atom. The Morgan fingerprint density at radius 3 is 2.72 bits per heavy atom. The van der Waals surface area contributed by atoms with Gasteiger partial charge in [0.1, 0.15) is 11.6 Å². The molecule has 1 amide bonds. The van der Waals surface area contributed by atoms with Crippen LogP contribution in [0.25, 0.3) is 6.08 Å². The van der Waals surface area contributed by atoms with Gasteiger partial charge in [-0.2, -0.15) is 0 Å². The van der Waals surface area contributed by atoms with Gasteiger partial charge in [-0.05, 0) is 42.1 Å². The summed E-state index contributed by atoms with van der Waals surface area (Å²) < 4.78 is 37.3. The van der Waals surface area contributed by atoms with E-state index in [9.17, 15) is 13.6 Å². The number of amides is 1. The average Bonchev–Trinajstić information content (AvgIpc) is 3.14. The first kappa shape index (κ1) is 15.6. The zero-order valence-corrected chi connectivity index (χ0v) is 13.4. The summed E-state index contributed by atoms with van der Waals surface area (Å²) in [4.78, 5) is 14.0. The summed E-state index contributed by atoms with van der Waals surface area (Å²) in [5, 5.41) is 8.04. The summed E-state index contributed by atoms with van der Waals surface area (Å²) in [6.07, 6.45) is 1.31. The molecule has 2 aromatic rings. The molecule has 0 atom stereocenters. The van der Waals surface area contributed by atoms with Gasteiger partial charge in [-0.25, -0.2) is 8.78 Å². The number of amidine groups is 1. The normalized spacial score (nSPS) is 17.7. The molecular weight excluding hydrogens is 350 g/mol. The van der Waals surface area contributed by atoms with E-state index in [4.69, 9.17) is 14.9 Å². The van der Waals surface area contributed by atoms with Crippen LogP contribution in [0.1, 0.15) is 5.56 Å². The van der Waals surface area contributed by atoms with Gasteiger partial charge < -0.3 is 9.47 Å². The second kappa shape index (κ2) is 5.89. The maximum absolute atomic E-state index is 13.8. The van der Waals surface area contributed by atoms with E-state index in [2.05, 4.69) is 0 Å². The number of ether oxygens (including phenoxy) is 2. The molecule has 0 aliphatic carbocycles. The zero-order valence-electron chi connectivity index (χ0n) is 12.6. The third-order valence-electron chi connectivity index (χ3n) is 3.69. The van der Waals surface area contributed by atoms with E-state index in [-0.39, 0.29) is 22.4 Å². The largest absolute Gasteiger partial charge is 0.454 e. The molecule has 1 saturated heterocycles. The molecule has 0 aromatic heterocycles. The lowest BCUT2D eigenvalue weighted by molar-refractivity contribution is -0.113. The highest BCUT2D eigenvalue weighted by molar-refractivity contribution is 8.19. The van der Waals surface area contributed by atoms with E-state index in [0.29, 0.717) is 17.2 Å². The first-order valence-electron chi connectivity index (χ1n) is 7.20. The minimum Gasteiger partial charge on any atom is -0.454 e. The Bertz CT molecular complexity index is 945. The lowest BCUT2D eigenvalue weighted by Crippen LogP contribution is -2.28. The van der Waals surface area contributed by atoms with Crippen LogP contribution in [-0.4, -0.2) is 17.9 Å². The van der Waals surface area contributed by atoms with Gasteiger partial charge in [-0.15, -0.1) is 0 Å². The standard InChI is InChI=1S/C17H10F2N2O3S/c18-10-2-1-9(12(19)6-10)5-15-16(22)21(17(20)25-15)11-3-4-13-14(7-11)24-8-23-13/h1-7,20H,8H2/b15-5-,20-17?. The Labute approximate surface area is 145 Å². The number of thioether (sulfide) groups is 1. The molecule has 25 heavy (non-hydrogen) atoms. The predicted molar refractivity (Wildman–Crippen MR) is 89.7 cm³/mol. The molecule has 2 heterocycles. The van der Waals surface area contributed by atoms with E-state index in [0.717, 1.165) is 23.9 Å². The molecule has 0 radical (unpaired) electrons. The quantitative estimate of drug-likeness (QED) is 0.829. The van der Waals surface area contributed by atoms with Crippen molar-refractivity contribution < 1.29 is 23.0 Å². The lowest BCUT2D eigenvalue weighted by Gasteiger charge is -2.14. The number of fused-ring (bicyclic) bond motifs is 1. The van der Waals surface area contributed by atoms with Crippen LogP contribution in [-0.2, 0) is 4.79 Å². The third-order valence-corrected chi connectivity index (χ3v) is 4.58. The molecule has 2 aliphatic heterocycles. The fourth-order valence-electron chi connectivity index (χ4n) is 2.51. The topological polar surface area (TPSA) is 62.6 Å². The van der Waals surface area contributed by atoms with Gasteiger partial charge >= 0.3 is 0 Å². The number of hydrogen-bond acceptors (Lipinski definition) is 5. The van der Waals surface area contributed by atoms with Crippen molar-refractivity contribution in [3.63, 3.8) is 0 Å². The highest BCUT2D eigenvalue weighted by Gasteiger charge is 2.34. The van der Waals surface area contributed by atoms with Crippen molar-refractivity contribution in [2.24, 2.45) is 0 Å². The number of anilines is 1. The molecule has 4 rings (SSSR count). The molecule has 2 aliphatic rings. The van der Waals surface area contributed by atoms with E-state index in [1.165, 1.54) is 17.0 Å². The van der Waals surface area contributed by atoms with Crippen molar-refractivity contribution in [1.82, 2.24) is 0 Å². The van der Waals surface area contributed by atoms with Crippen molar-refractivity contribution in [2.75, 3.05) is 11.7 Å². The highest BCUT2D eigenvalue weighted by atomic mass is 32.2. The van der Waals surface area contributed by atoms with Crippen molar-refractivity contribution in [3.05, 3.63) is 58.5 Å². The number of halogens is 2. The molecule has 8 heteroatoms. The fraction of sp³-hybridized carbons (Fsp3) is 0.0588. The summed E-state index contributed by atoms with van der Waals surface area (Å²) in [7, 11) is 0. The number of carbonyl (C=O) groups excluding carboxylic acids is 1. The molecule has 0 bridgehead atoms. The van der Waals surface area contributed by atoms with E-state index in [1.807, 2.05) is 0 Å². The van der Waals surface area contributed by atoms with Crippen molar-refractivity contribution in [2.45, 2.75) is 0 Å². The van der Waals surface area contributed by atoms with Gasteiger partial charge in [0.15, 0.2) is 16.7 Å². The van der Waals surface area contributed by atoms with Crippen LogP contribution in [0.3, 0.4) is 0 Å². The second-order valence-corrected chi connectivity index (χ2v) is 6.29. The molecule has 0 saturated carbocycles. The molecule has 0 spiro atoms. The van der Waals surface area contributed by atoms with Gasteiger partial charge in [0.2, 0.25) is 6.79 Å². The average molecular weight is 360 g/mol. The monoisotopic (exact) mass is 360 g/mol. The lowest BCUT2D eigenvalue weighted by atomic mass is 10.2. The molecule has 0 unspecified atom stereocenters. The van der Waals surface area contributed by atoms with Crippen molar-refractivity contribution in [3.8, 4) is 11.5 Å². The Hall–Kier alpha value is -2.87. The number of nitrogens with one attached hydrogen (secondary N) is 1. The maximum Gasteiger partial charge on any atom is 0.271 e. The van der Waals surface area contributed by atoms with Gasteiger partial charge in [-0.1, -0.05) is 0 Å². The van der Waals surface area contributed by atoms with Crippen LogP contribution in [0.2, 0.25) is 0 Å². The Morgan fingerprint density at radius 1 is 1.12 bits per heavy atom. The molecule has 5 nitrogen and oxygen atoms in total. The number of hydrogen-bond donors (Lipinski definition) is 1. The number of rotatable bonds is 2. The summed E-state index contributed by atoms with van der Waals surface area (Å²) >= 11 is 0.906. The molecule has 2 aromatic carbocycles. The van der Waals surface area contributed by atoms with Crippen LogP contribution < -0.4 is 14.4 Å². The maximum atomic E-state index is 13.8. The van der Waals surface area contributed by atoms with E-state index >= 15 is 0 Å². The summed E-state index contributed by atoms with van der Waals surface area (Å²) in [6.45, 7) is 0.105. The summed E-state index contributed by atoms with van der Waals surface area (Å²) in [5.74, 6) is -0.866. The van der Waals surface area contributed by atoms with Crippen molar-refractivity contribution in [1.29, 1.82) is 5.41 Å². The molecule has 1 fully saturated rings. The number of carbonyl (C=O) groups is 1. The van der Waals surface area contributed by atoms with Crippen LogP contribution >= 0.6 is 11.8 Å². The fourth-order valence-corrected chi connectivity index (χ4v) is 3.36. The zero-order chi connectivity index (χ0) is 17.6. The first-order valence-corrected chi connectivity index (χ1v) is 8.02. The van der Waals surface area contributed by atoms with Gasteiger partial charge in [0.05, 0.1) is 10.6 Å². The Balaban J connectivity index is 1.67. The van der Waals surface area contributed by atoms with Crippen molar-refractivity contribution >= 4 is 34.6 Å². The smallest absolute Gasteiger partial charge is 0.271 e. The molecular formula is C17H10F2N2O3S. The van der Waals surface area contributed by atoms with Crippen LogP contribution in [0.15, 0.2) is 41.3 Å². The Kier molecular flexibility index (Phi) is 3.69. The molecule has 126 valence electrons.